The van der Waals surface area contributed by atoms with E-state index in [2.05, 4.69) is 42.1 Å². The van der Waals surface area contributed by atoms with Crippen LogP contribution in [0.15, 0.2) is 29.3 Å². The summed E-state index contributed by atoms with van der Waals surface area (Å²) in [5, 5.41) is 22.9. The number of carbonyl (C=O) groups is 2. The minimum atomic E-state index is -0.0959. The average Bonchev–Trinajstić information content (AvgIpc) is 3.50. The minimum Gasteiger partial charge on any atom is -0.384 e. The Morgan fingerprint density at radius 3 is 2.75 bits per heavy atom. The molecule has 0 aliphatic carbocycles. The van der Waals surface area contributed by atoms with E-state index in [4.69, 9.17) is 0 Å². The number of carbonyl (C=O) groups excluding carboxylic acids is 2. The third-order valence-corrected chi connectivity index (χ3v) is 7.26. The van der Waals surface area contributed by atoms with Crippen LogP contribution in [0.3, 0.4) is 0 Å². The van der Waals surface area contributed by atoms with E-state index in [0.717, 1.165) is 49.9 Å². The van der Waals surface area contributed by atoms with Gasteiger partial charge in [0.15, 0.2) is 0 Å². The van der Waals surface area contributed by atoms with E-state index >= 15 is 0 Å². The summed E-state index contributed by atoms with van der Waals surface area (Å²) in [5.41, 5.74) is 2.82. The smallest absolute Gasteiger partial charge is 0.259 e. The molecule has 3 atom stereocenters. The van der Waals surface area contributed by atoms with Crippen molar-refractivity contribution in [1.29, 1.82) is 0 Å². The highest BCUT2D eigenvalue weighted by Crippen LogP contribution is 2.26. The van der Waals surface area contributed by atoms with Crippen molar-refractivity contribution in [3.63, 3.8) is 0 Å². The predicted octanol–water partition coefficient (Wildman–Crippen LogP) is -1.29. The zero-order valence-corrected chi connectivity index (χ0v) is 18.7. The third kappa shape index (κ3) is 4.44. The summed E-state index contributed by atoms with van der Waals surface area (Å²) in [7, 11) is 0. The van der Waals surface area contributed by atoms with Gasteiger partial charge in [-0.15, -0.1) is 11.8 Å². The van der Waals surface area contributed by atoms with E-state index in [-0.39, 0.29) is 30.2 Å². The minimum absolute atomic E-state index is 0.0956. The molecule has 11 heteroatoms. The predicted molar refractivity (Wildman–Crippen MR) is 125 cm³/mol. The summed E-state index contributed by atoms with van der Waals surface area (Å²) in [6.07, 6.45) is 3.17. The number of hydrogen-bond donors (Lipinski definition) is 7. The Balaban J connectivity index is 1.12. The molecule has 4 aliphatic heterocycles. The van der Waals surface area contributed by atoms with Gasteiger partial charge in [-0.1, -0.05) is 6.07 Å². The Kier molecular flexibility index (Phi) is 6.51. The van der Waals surface area contributed by atoms with Crippen molar-refractivity contribution in [3.05, 3.63) is 40.4 Å². The fourth-order valence-electron chi connectivity index (χ4n) is 4.70. The van der Waals surface area contributed by atoms with Gasteiger partial charge in [0.2, 0.25) is 0 Å². The van der Waals surface area contributed by atoms with Crippen molar-refractivity contribution in [2.75, 3.05) is 50.6 Å². The maximum Gasteiger partial charge on any atom is 0.259 e. The van der Waals surface area contributed by atoms with Crippen molar-refractivity contribution in [3.8, 4) is 0 Å². The van der Waals surface area contributed by atoms with Crippen LogP contribution in [-0.2, 0) is 11.2 Å². The summed E-state index contributed by atoms with van der Waals surface area (Å²) in [5.74, 6) is 0.669. The van der Waals surface area contributed by atoms with Crippen LogP contribution in [0.1, 0.15) is 15.9 Å². The molecule has 2 amide bonds. The van der Waals surface area contributed by atoms with Gasteiger partial charge >= 0.3 is 0 Å². The van der Waals surface area contributed by atoms with Crippen LogP contribution in [0.2, 0.25) is 0 Å². The number of benzene rings is 1. The van der Waals surface area contributed by atoms with E-state index in [1.54, 1.807) is 11.8 Å². The summed E-state index contributed by atoms with van der Waals surface area (Å²) in [6.45, 7) is 4.01. The van der Waals surface area contributed by atoms with Gasteiger partial charge in [-0.2, -0.15) is 0 Å². The average molecular weight is 459 g/mol. The molecule has 1 aromatic rings. The van der Waals surface area contributed by atoms with Crippen molar-refractivity contribution in [2.45, 2.75) is 24.8 Å². The van der Waals surface area contributed by atoms with E-state index in [0.29, 0.717) is 23.6 Å². The van der Waals surface area contributed by atoms with Gasteiger partial charge < -0.3 is 20.9 Å². The fraction of sp³-hybridized carbons (Fsp3) is 0.524. The van der Waals surface area contributed by atoms with Crippen molar-refractivity contribution in [2.24, 2.45) is 0 Å². The van der Waals surface area contributed by atoms with Crippen molar-refractivity contribution >= 4 is 29.3 Å². The molecule has 7 N–H and O–H groups in total. The van der Waals surface area contributed by atoms with Crippen LogP contribution in [0.5, 0.6) is 0 Å². The van der Waals surface area contributed by atoms with Crippen LogP contribution >= 0.6 is 11.8 Å². The number of fused-ring (bicyclic) bond motifs is 2. The Bertz CT molecular complexity index is 910. The van der Waals surface area contributed by atoms with Crippen LogP contribution in [0.25, 0.3) is 0 Å². The van der Waals surface area contributed by atoms with Gasteiger partial charge in [-0.3, -0.25) is 30.9 Å². The highest BCUT2D eigenvalue weighted by atomic mass is 32.2. The highest BCUT2D eigenvalue weighted by molar-refractivity contribution is 8.04. The van der Waals surface area contributed by atoms with Gasteiger partial charge in [-0.25, -0.2) is 0 Å². The molecule has 0 aromatic heterocycles. The maximum atomic E-state index is 12.7. The molecular formula is C21H30N8O2S. The van der Waals surface area contributed by atoms with Crippen LogP contribution in [0, 0.1) is 0 Å². The lowest BCUT2D eigenvalue weighted by Gasteiger charge is -2.42. The third-order valence-electron chi connectivity index (χ3n) is 6.27. The molecule has 2 fully saturated rings. The Morgan fingerprint density at radius 2 is 1.88 bits per heavy atom. The zero-order valence-electron chi connectivity index (χ0n) is 17.9. The number of thioether (sulfide) groups is 1. The standard InChI is InChI=1S/C21H30N8O2S/c30-20(14-2-1-3-15-13(14)4-5-22-15)23-6-7-24-21(31)16-10-29(8-9-32-16)19-17-18(26-11-25-17)27-12-28-19/h1-3,10,17-19,22,25-28H,4-9,11-12H2,(H,23,30)(H,24,31). The molecule has 2 saturated heterocycles. The molecule has 10 nitrogen and oxygen atoms in total. The number of nitrogens with one attached hydrogen (secondary N) is 7. The molecule has 3 unspecified atom stereocenters. The van der Waals surface area contributed by atoms with Gasteiger partial charge in [0, 0.05) is 62.7 Å². The lowest BCUT2D eigenvalue weighted by molar-refractivity contribution is -0.116. The molecule has 0 bridgehead atoms. The maximum absolute atomic E-state index is 12.7. The number of anilines is 1. The molecule has 32 heavy (non-hydrogen) atoms. The molecule has 5 rings (SSSR count). The molecular weight excluding hydrogens is 428 g/mol. The largest absolute Gasteiger partial charge is 0.384 e. The zero-order chi connectivity index (χ0) is 21.9. The summed E-state index contributed by atoms with van der Waals surface area (Å²) in [4.78, 5) is 28.2. The monoisotopic (exact) mass is 458 g/mol. The fourth-order valence-corrected chi connectivity index (χ4v) is 5.63. The number of amides is 2. The Hall–Kier alpha value is -2.31. The van der Waals surface area contributed by atoms with E-state index in [1.165, 1.54) is 0 Å². The first-order chi connectivity index (χ1) is 15.7. The number of hydrogen-bond acceptors (Lipinski definition) is 9. The van der Waals surface area contributed by atoms with Gasteiger partial charge in [0.05, 0.1) is 23.3 Å². The summed E-state index contributed by atoms with van der Waals surface area (Å²) in [6, 6.07) is 5.98. The van der Waals surface area contributed by atoms with Crippen molar-refractivity contribution in [1.82, 2.24) is 36.8 Å². The second-order valence-corrected chi connectivity index (χ2v) is 9.35. The normalized spacial score (nSPS) is 26.6. The molecule has 1 aromatic carbocycles. The lowest BCUT2D eigenvalue weighted by Crippen LogP contribution is -2.68. The second-order valence-electron chi connectivity index (χ2n) is 8.22. The Labute approximate surface area is 191 Å². The first-order valence-corrected chi connectivity index (χ1v) is 12.2. The molecule has 4 aliphatic rings. The summed E-state index contributed by atoms with van der Waals surface area (Å²) >= 11 is 1.57. The summed E-state index contributed by atoms with van der Waals surface area (Å²) < 4.78 is 0. The van der Waals surface area contributed by atoms with Crippen LogP contribution < -0.4 is 37.2 Å². The first kappa shape index (κ1) is 21.5. The lowest BCUT2D eigenvalue weighted by atomic mass is 10.0. The van der Waals surface area contributed by atoms with Crippen molar-refractivity contribution < 1.29 is 9.59 Å². The van der Waals surface area contributed by atoms with Crippen LogP contribution in [-0.4, -0.2) is 80.4 Å². The quantitative estimate of drug-likeness (QED) is 0.261. The van der Waals surface area contributed by atoms with E-state index < -0.39 is 0 Å². The van der Waals surface area contributed by atoms with E-state index in [1.807, 2.05) is 24.4 Å². The van der Waals surface area contributed by atoms with Gasteiger partial charge in [-0.05, 0) is 24.1 Å². The highest BCUT2D eigenvalue weighted by Gasteiger charge is 2.39. The first-order valence-electron chi connectivity index (χ1n) is 11.2. The SMILES string of the molecule is O=C(NCCNC(=O)c1cccc2c1CCN2)C1=CN(C2NCNC3NCNC32)CCS1. The second kappa shape index (κ2) is 9.67. The Morgan fingerprint density at radius 1 is 1.06 bits per heavy atom. The van der Waals surface area contributed by atoms with Crippen LogP contribution in [0.4, 0.5) is 5.69 Å². The molecule has 4 heterocycles. The van der Waals surface area contributed by atoms with Gasteiger partial charge in [0.1, 0.15) is 0 Å². The number of nitrogens with zero attached hydrogens (tertiary/aromatic N) is 1. The topological polar surface area (TPSA) is 122 Å². The number of rotatable bonds is 6. The molecule has 0 saturated carbocycles. The van der Waals surface area contributed by atoms with E-state index in [9.17, 15) is 9.59 Å². The molecule has 172 valence electrons. The molecule has 0 spiro atoms. The van der Waals surface area contributed by atoms with Gasteiger partial charge in [0.25, 0.3) is 11.8 Å². The molecule has 0 radical (unpaired) electrons.